The third-order valence-corrected chi connectivity index (χ3v) is 3.10. The monoisotopic (exact) mass is 196 g/mol. The normalized spacial score (nSPS) is 46.3. The second-order valence-corrected chi connectivity index (χ2v) is 3.97. The van der Waals surface area contributed by atoms with Crippen LogP contribution in [0, 0.1) is 5.92 Å². The van der Waals surface area contributed by atoms with Crippen LogP contribution in [0.2, 0.25) is 0 Å². The van der Waals surface area contributed by atoms with Gasteiger partial charge in [-0.05, 0) is 12.5 Å². The highest BCUT2D eigenvalue weighted by atomic mass is 16.7. The SMILES string of the molecule is O=C[C@H]1C[C@]2(C3OCCO3)C=CC1O2. The van der Waals surface area contributed by atoms with Crippen molar-refractivity contribution in [3.8, 4) is 0 Å². The lowest BCUT2D eigenvalue weighted by Crippen LogP contribution is -2.39. The van der Waals surface area contributed by atoms with Crippen molar-refractivity contribution in [2.24, 2.45) is 5.92 Å². The molecular weight excluding hydrogens is 184 g/mol. The van der Waals surface area contributed by atoms with Gasteiger partial charge in [-0.3, -0.25) is 0 Å². The first-order chi connectivity index (χ1) is 6.84. The maximum atomic E-state index is 10.8. The number of rotatable bonds is 2. The Morgan fingerprint density at radius 1 is 1.36 bits per heavy atom. The molecule has 0 saturated carbocycles. The van der Waals surface area contributed by atoms with Crippen LogP contribution >= 0.6 is 0 Å². The molecule has 0 aromatic rings. The van der Waals surface area contributed by atoms with Gasteiger partial charge in [-0.2, -0.15) is 0 Å². The highest BCUT2D eigenvalue weighted by Gasteiger charge is 2.54. The third-order valence-electron chi connectivity index (χ3n) is 3.10. The van der Waals surface area contributed by atoms with E-state index in [1.807, 2.05) is 12.2 Å². The summed E-state index contributed by atoms with van der Waals surface area (Å²) < 4.78 is 16.6. The van der Waals surface area contributed by atoms with Gasteiger partial charge in [0, 0.05) is 5.92 Å². The summed E-state index contributed by atoms with van der Waals surface area (Å²) in [6.45, 7) is 1.22. The Balaban J connectivity index is 1.85. The molecule has 4 nitrogen and oxygen atoms in total. The lowest BCUT2D eigenvalue weighted by atomic mass is 9.87. The summed E-state index contributed by atoms with van der Waals surface area (Å²) in [5.74, 6) is -0.0344. The molecule has 4 heteroatoms. The van der Waals surface area contributed by atoms with E-state index in [1.165, 1.54) is 0 Å². The Kier molecular flexibility index (Phi) is 1.77. The first-order valence-corrected chi connectivity index (χ1v) is 4.90. The highest BCUT2D eigenvalue weighted by molar-refractivity contribution is 5.58. The first-order valence-electron chi connectivity index (χ1n) is 4.90. The summed E-state index contributed by atoms with van der Waals surface area (Å²) in [7, 11) is 0. The van der Waals surface area contributed by atoms with E-state index in [9.17, 15) is 4.79 Å². The fourth-order valence-corrected chi connectivity index (χ4v) is 2.42. The Bertz CT molecular complexity index is 282. The average molecular weight is 196 g/mol. The second kappa shape index (κ2) is 2.89. The van der Waals surface area contributed by atoms with Gasteiger partial charge in [0.15, 0.2) is 6.29 Å². The summed E-state index contributed by atoms with van der Waals surface area (Å²) in [5.41, 5.74) is -0.493. The molecule has 76 valence electrons. The number of fused-ring (bicyclic) bond motifs is 2. The van der Waals surface area contributed by atoms with E-state index < -0.39 is 5.60 Å². The summed E-state index contributed by atoms with van der Waals surface area (Å²) in [4.78, 5) is 10.8. The number of carbonyl (C=O) groups excluding carboxylic acids is 1. The topological polar surface area (TPSA) is 44.8 Å². The van der Waals surface area contributed by atoms with Gasteiger partial charge in [0.1, 0.15) is 11.9 Å². The zero-order valence-electron chi connectivity index (χ0n) is 7.72. The Morgan fingerprint density at radius 2 is 2.14 bits per heavy atom. The van der Waals surface area contributed by atoms with Gasteiger partial charge < -0.3 is 19.0 Å². The lowest BCUT2D eigenvalue weighted by Gasteiger charge is -2.27. The van der Waals surface area contributed by atoms with Crippen molar-refractivity contribution in [3.63, 3.8) is 0 Å². The molecule has 0 spiro atoms. The maximum Gasteiger partial charge on any atom is 0.190 e. The Hall–Kier alpha value is -0.710. The molecule has 1 unspecified atom stereocenters. The van der Waals surface area contributed by atoms with Crippen molar-refractivity contribution in [1.29, 1.82) is 0 Å². The molecule has 3 aliphatic rings. The van der Waals surface area contributed by atoms with Crippen LogP contribution in [-0.4, -0.2) is 37.5 Å². The molecule has 0 aromatic heterocycles. The fourth-order valence-electron chi connectivity index (χ4n) is 2.42. The van der Waals surface area contributed by atoms with Crippen molar-refractivity contribution in [1.82, 2.24) is 0 Å². The van der Waals surface area contributed by atoms with E-state index in [0.29, 0.717) is 19.6 Å². The van der Waals surface area contributed by atoms with Gasteiger partial charge in [0.2, 0.25) is 0 Å². The van der Waals surface area contributed by atoms with Gasteiger partial charge in [0.05, 0.1) is 19.3 Å². The number of hydrogen-bond acceptors (Lipinski definition) is 4. The van der Waals surface area contributed by atoms with Crippen LogP contribution in [0.5, 0.6) is 0 Å². The van der Waals surface area contributed by atoms with Crippen molar-refractivity contribution < 1.29 is 19.0 Å². The van der Waals surface area contributed by atoms with E-state index in [4.69, 9.17) is 14.2 Å². The molecule has 3 aliphatic heterocycles. The van der Waals surface area contributed by atoms with E-state index in [0.717, 1.165) is 6.29 Å². The van der Waals surface area contributed by atoms with Crippen LogP contribution in [-0.2, 0) is 19.0 Å². The number of aldehydes is 1. The molecule has 0 aromatic carbocycles. The number of carbonyl (C=O) groups is 1. The largest absolute Gasteiger partial charge is 0.358 e. The zero-order valence-corrected chi connectivity index (χ0v) is 7.72. The Morgan fingerprint density at radius 3 is 2.79 bits per heavy atom. The molecule has 3 rings (SSSR count). The summed E-state index contributed by atoms with van der Waals surface area (Å²) in [5, 5.41) is 0. The number of hydrogen-bond donors (Lipinski definition) is 0. The standard InChI is InChI=1S/C10H12O4/c11-6-7-5-10(2-1-8(7)14-10)9-12-3-4-13-9/h1-2,6-9H,3-5H2/t7-,8?,10+/m1/s1. The molecule has 0 aliphatic carbocycles. The van der Waals surface area contributed by atoms with Crippen LogP contribution in [0.4, 0.5) is 0 Å². The second-order valence-electron chi connectivity index (χ2n) is 3.97. The van der Waals surface area contributed by atoms with E-state index in [-0.39, 0.29) is 18.3 Å². The molecule has 2 bridgehead atoms. The highest BCUT2D eigenvalue weighted by Crippen LogP contribution is 2.45. The summed E-state index contributed by atoms with van der Waals surface area (Å²) in [6, 6.07) is 0. The molecule has 2 saturated heterocycles. The van der Waals surface area contributed by atoms with Crippen molar-refractivity contribution >= 4 is 6.29 Å². The van der Waals surface area contributed by atoms with E-state index in [1.54, 1.807) is 0 Å². The van der Waals surface area contributed by atoms with Crippen LogP contribution in [0.15, 0.2) is 12.2 Å². The molecule has 3 heterocycles. The summed E-state index contributed by atoms with van der Waals surface area (Å²) in [6.07, 6.45) is 5.17. The quantitative estimate of drug-likeness (QED) is 0.470. The Labute approximate surface area is 81.8 Å². The molecule has 2 fully saturated rings. The van der Waals surface area contributed by atoms with Crippen LogP contribution < -0.4 is 0 Å². The van der Waals surface area contributed by atoms with Crippen LogP contribution in [0.3, 0.4) is 0 Å². The zero-order chi connectivity index (χ0) is 9.60. The van der Waals surface area contributed by atoms with Crippen molar-refractivity contribution in [2.45, 2.75) is 24.4 Å². The molecule has 0 N–H and O–H groups in total. The molecule has 0 radical (unpaired) electrons. The van der Waals surface area contributed by atoms with Gasteiger partial charge in [-0.25, -0.2) is 0 Å². The van der Waals surface area contributed by atoms with E-state index in [2.05, 4.69) is 0 Å². The maximum absolute atomic E-state index is 10.8. The predicted molar refractivity (Wildman–Crippen MR) is 46.6 cm³/mol. The van der Waals surface area contributed by atoms with Gasteiger partial charge in [-0.15, -0.1) is 0 Å². The van der Waals surface area contributed by atoms with Crippen molar-refractivity contribution in [3.05, 3.63) is 12.2 Å². The smallest absolute Gasteiger partial charge is 0.190 e. The lowest BCUT2D eigenvalue weighted by molar-refractivity contribution is -0.164. The van der Waals surface area contributed by atoms with Gasteiger partial charge in [-0.1, -0.05) is 6.08 Å². The predicted octanol–water partition coefficient (Wildman–Crippen LogP) is 0.272. The van der Waals surface area contributed by atoms with Crippen LogP contribution in [0.1, 0.15) is 6.42 Å². The third kappa shape index (κ3) is 1.02. The fraction of sp³-hybridized carbons (Fsp3) is 0.700. The van der Waals surface area contributed by atoms with Gasteiger partial charge in [0.25, 0.3) is 0 Å². The summed E-state index contributed by atoms with van der Waals surface area (Å²) >= 11 is 0. The minimum atomic E-state index is -0.493. The van der Waals surface area contributed by atoms with Crippen molar-refractivity contribution in [2.75, 3.05) is 13.2 Å². The molecule has 3 atom stereocenters. The first kappa shape index (κ1) is 8.59. The number of ether oxygens (including phenoxy) is 3. The van der Waals surface area contributed by atoms with Crippen LogP contribution in [0.25, 0.3) is 0 Å². The minimum Gasteiger partial charge on any atom is -0.358 e. The molecule has 0 amide bonds. The average Bonchev–Trinajstić information content (AvgIpc) is 2.92. The molecular formula is C10H12O4. The van der Waals surface area contributed by atoms with Gasteiger partial charge >= 0.3 is 0 Å². The van der Waals surface area contributed by atoms with E-state index >= 15 is 0 Å². The minimum absolute atomic E-state index is 0.0344. The molecule has 14 heavy (non-hydrogen) atoms.